The fraction of sp³-hybridized carbons (Fsp3) is 0.0526. The number of halogens is 1. The molecule has 0 spiro atoms. The molecule has 0 saturated heterocycles. The summed E-state index contributed by atoms with van der Waals surface area (Å²) in [5, 5.41) is 4.89. The van der Waals surface area contributed by atoms with Crippen molar-refractivity contribution < 1.29 is 4.42 Å². The Hall–Kier alpha value is -3.05. The molecule has 0 unspecified atom stereocenters. The van der Waals surface area contributed by atoms with Gasteiger partial charge >= 0.3 is 0 Å². The number of fused-ring (bicyclic) bond motifs is 1. The Balaban J connectivity index is 1.51. The number of hydrazone groups is 1. The zero-order valence-electron chi connectivity index (χ0n) is 13.5. The molecule has 0 aliphatic heterocycles. The van der Waals surface area contributed by atoms with Crippen LogP contribution in [0.5, 0.6) is 0 Å². The van der Waals surface area contributed by atoms with E-state index in [9.17, 15) is 0 Å². The Morgan fingerprint density at radius 1 is 1.12 bits per heavy atom. The highest BCUT2D eigenvalue weighted by Crippen LogP contribution is 2.24. The molecule has 0 aliphatic carbocycles. The average molecular weight is 351 g/mol. The van der Waals surface area contributed by atoms with Gasteiger partial charge in [-0.1, -0.05) is 35.9 Å². The van der Waals surface area contributed by atoms with Crippen LogP contribution in [0.2, 0.25) is 5.02 Å². The predicted octanol–water partition coefficient (Wildman–Crippen LogP) is 4.93. The smallest absolute Gasteiger partial charge is 0.224 e. The molecule has 5 nitrogen and oxygen atoms in total. The number of hydrogen-bond acceptors (Lipinski definition) is 4. The van der Waals surface area contributed by atoms with Crippen molar-refractivity contribution in [2.75, 3.05) is 5.43 Å². The summed E-state index contributed by atoms with van der Waals surface area (Å²) in [6.07, 6.45) is 1.62. The van der Waals surface area contributed by atoms with Crippen LogP contribution in [-0.2, 0) is 7.05 Å². The molecule has 0 radical (unpaired) electrons. The van der Waals surface area contributed by atoms with Crippen LogP contribution in [0.4, 0.5) is 5.95 Å². The molecule has 0 bridgehead atoms. The van der Waals surface area contributed by atoms with Crippen molar-refractivity contribution in [2.24, 2.45) is 12.1 Å². The molecular formula is C19H15ClN4O. The highest BCUT2D eigenvalue weighted by molar-refractivity contribution is 6.30. The number of imidazole rings is 1. The molecule has 2 aromatic carbocycles. The van der Waals surface area contributed by atoms with Crippen molar-refractivity contribution in [1.82, 2.24) is 9.55 Å². The molecule has 2 heterocycles. The van der Waals surface area contributed by atoms with Crippen molar-refractivity contribution in [1.29, 1.82) is 0 Å². The second-order valence-corrected chi connectivity index (χ2v) is 6.00. The van der Waals surface area contributed by atoms with Gasteiger partial charge in [0.05, 0.1) is 17.2 Å². The third kappa shape index (κ3) is 3.14. The van der Waals surface area contributed by atoms with E-state index in [4.69, 9.17) is 16.0 Å². The summed E-state index contributed by atoms with van der Waals surface area (Å²) in [6, 6.07) is 19.2. The average Bonchev–Trinajstić information content (AvgIpc) is 3.21. The van der Waals surface area contributed by atoms with Gasteiger partial charge in [-0.15, -0.1) is 0 Å². The highest BCUT2D eigenvalue weighted by Gasteiger charge is 2.06. The first kappa shape index (κ1) is 15.5. The first-order chi connectivity index (χ1) is 12.2. The summed E-state index contributed by atoms with van der Waals surface area (Å²) in [5.74, 6) is 2.05. The maximum atomic E-state index is 6.01. The van der Waals surface area contributed by atoms with Crippen LogP contribution in [0.1, 0.15) is 5.76 Å². The molecule has 0 amide bonds. The summed E-state index contributed by atoms with van der Waals surface area (Å²) in [5.41, 5.74) is 5.84. The minimum atomic E-state index is 0.640. The molecule has 0 aliphatic rings. The lowest BCUT2D eigenvalue weighted by molar-refractivity contribution is 0.575. The maximum Gasteiger partial charge on any atom is 0.224 e. The van der Waals surface area contributed by atoms with Gasteiger partial charge in [0, 0.05) is 17.6 Å². The van der Waals surface area contributed by atoms with Gasteiger partial charge in [-0.2, -0.15) is 5.10 Å². The number of aromatic nitrogens is 2. The van der Waals surface area contributed by atoms with E-state index in [1.165, 1.54) is 0 Å². The Kier molecular flexibility index (Phi) is 3.99. The van der Waals surface area contributed by atoms with E-state index >= 15 is 0 Å². The number of hydrogen-bond donors (Lipinski definition) is 1. The van der Waals surface area contributed by atoms with Crippen LogP contribution in [-0.4, -0.2) is 15.8 Å². The van der Waals surface area contributed by atoms with E-state index in [1.54, 1.807) is 6.21 Å². The minimum Gasteiger partial charge on any atom is -0.455 e. The number of furan rings is 1. The Labute approximate surface area is 149 Å². The van der Waals surface area contributed by atoms with Crippen LogP contribution < -0.4 is 5.43 Å². The van der Waals surface area contributed by atoms with E-state index in [-0.39, 0.29) is 0 Å². The first-order valence-electron chi connectivity index (χ1n) is 7.77. The van der Waals surface area contributed by atoms with Crippen LogP contribution in [0.25, 0.3) is 22.4 Å². The number of nitrogens with zero attached hydrogens (tertiary/aromatic N) is 3. The fourth-order valence-electron chi connectivity index (χ4n) is 2.62. The molecule has 0 fully saturated rings. The Bertz CT molecular complexity index is 1060. The number of rotatable bonds is 4. The van der Waals surface area contributed by atoms with E-state index in [0.29, 0.717) is 16.7 Å². The molecule has 124 valence electrons. The van der Waals surface area contributed by atoms with Gasteiger partial charge in [0.15, 0.2) is 0 Å². The van der Waals surface area contributed by atoms with E-state index in [0.717, 1.165) is 22.4 Å². The van der Waals surface area contributed by atoms with Crippen molar-refractivity contribution in [2.45, 2.75) is 0 Å². The number of nitrogens with one attached hydrogen (secondary N) is 1. The summed E-state index contributed by atoms with van der Waals surface area (Å²) < 4.78 is 7.73. The second-order valence-electron chi connectivity index (χ2n) is 5.57. The van der Waals surface area contributed by atoms with Gasteiger partial charge in [-0.3, -0.25) is 0 Å². The predicted molar refractivity (Wildman–Crippen MR) is 101 cm³/mol. The fourth-order valence-corrected chi connectivity index (χ4v) is 2.81. The van der Waals surface area contributed by atoms with Crippen molar-refractivity contribution >= 4 is 34.8 Å². The van der Waals surface area contributed by atoms with Gasteiger partial charge in [-0.25, -0.2) is 10.4 Å². The summed E-state index contributed by atoms with van der Waals surface area (Å²) in [7, 11) is 1.94. The van der Waals surface area contributed by atoms with Gasteiger partial charge < -0.3 is 8.98 Å². The van der Waals surface area contributed by atoms with Gasteiger partial charge in [-0.05, 0) is 36.4 Å². The molecule has 0 atom stereocenters. The van der Waals surface area contributed by atoms with Gasteiger partial charge in [0.25, 0.3) is 0 Å². The molecular weight excluding hydrogens is 336 g/mol. The number of benzene rings is 2. The lowest BCUT2D eigenvalue weighted by Crippen LogP contribution is -1.98. The van der Waals surface area contributed by atoms with Gasteiger partial charge in [0.2, 0.25) is 5.95 Å². The number of anilines is 1. The third-order valence-electron chi connectivity index (χ3n) is 3.88. The van der Waals surface area contributed by atoms with Crippen molar-refractivity contribution in [3.8, 4) is 11.3 Å². The Morgan fingerprint density at radius 3 is 2.84 bits per heavy atom. The minimum absolute atomic E-state index is 0.640. The lowest BCUT2D eigenvalue weighted by Gasteiger charge is -1.99. The lowest BCUT2D eigenvalue weighted by atomic mass is 10.2. The standard InChI is InChI=1S/C19H15ClN4O/c1-24-17-8-3-2-7-16(17)22-19(24)23-21-12-15-9-10-18(25-15)13-5-4-6-14(20)11-13/h2-12H,1H3,(H,22,23)/b21-12-. The van der Waals surface area contributed by atoms with E-state index < -0.39 is 0 Å². The molecule has 4 aromatic rings. The zero-order valence-corrected chi connectivity index (χ0v) is 14.2. The van der Waals surface area contributed by atoms with Crippen LogP contribution in [0.15, 0.2) is 70.2 Å². The summed E-state index contributed by atoms with van der Waals surface area (Å²) >= 11 is 6.01. The third-order valence-corrected chi connectivity index (χ3v) is 4.11. The molecule has 4 rings (SSSR count). The van der Waals surface area contributed by atoms with Crippen LogP contribution >= 0.6 is 11.6 Å². The maximum absolute atomic E-state index is 6.01. The molecule has 1 N–H and O–H groups in total. The number of para-hydroxylation sites is 2. The zero-order chi connectivity index (χ0) is 17.2. The van der Waals surface area contributed by atoms with Crippen molar-refractivity contribution in [3.05, 3.63) is 71.4 Å². The van der Waals surface area contributed by atoms with E-state index in [2.05, 4.69) is 15.5 Å². The normalized spacial score (nSPS) is 11.4. The second kappa shape index (κ2) is 6.45. The number of aryl methyl sites for hydroxylation is 1. The summed E-state index contributed by atoms with van der Waals surface area (Å²) in [6.45, 7) is 0. The van der Waals surface area contributed by atoms with Crippen molar-refractivity contribution in [3.63, 3.8) is 0 Å². The molecule has 25 heavy (non-hydrogen) atoms. The Morgan fingerprint density at radius 2 is 2.00 bits per heavy atom. The molecule has 0 saturated carbocycles. The quantitative estimate of drug-likeness (QED) is 0.419. The largest absolute Gasteiger partial charge is 0.455 e. The van der Waals surface area contributed by atoms with Crippen LogP contribution in [0.3, 0.4) is 0 Å². The first-order valence-corrected chi connectivity index (χ1v) is 8.15. The SMILES string of the molecule is Cn1c(N/N=C\c2ccc(-c3cccc(Cl)c3)o2)nc2ccccc21. The van der Waals surface area contributed by atoms with Crippen LogP contribution in [0, 0.1) is 0 Å². The summed E-state index contributed by atoms with van der Waals surface area (Å²) in [4.78, 5) is 4.50. The molecule has 2 aromatic heterocycles. The molecule has 6 heteroatoms. The van der Waals surface area contributed by atoms with E-state index in [1.807, 2.05) is 72.3 Å². The topological polar surface area (TPSA) is 55.4 Å². The van der Waals surface area contributed by atoms with Gasteiger partial charge in [0.1, 0.15) is 11.5 Å². The highest BCUT2D eigenvalue weighted by atomic mass is 35.5. The monoisotopic (exact) mass is 350 g/mol.